The minimum atomic E-state index is -0.654. The van der Waals surface area contributed by atoms with Crippen LogP contribution in [0.15, 0.2) is 48.5 Å². The van der Waals surface area contributed by atoms with Crippen molar-refractivity contribution in [3.8, 4) is 0 Å². The number of carbonyl (C=O) groups is 2. The van der Waals surface area contributed by atoms with Crippen LogP contribution < -0.4 is 27.0 Å². The van der Waals surface area contributed by atoms with Gasteiger partial charge in [0.25, 0.3) is 0 Å². The summed E-state index contributed by atoms with van der Waals surface area (Å²) in [6.07, 6.45) is -0.637. The Labute approximate surface area is 182 Å². The number of anilines is 2. The standard InChI is InChI=1S/C22H31N5O4/c1-3-30-20(31-4-2)15-27(19-11-7-17(14-24)8-12-19)22(29)26-21(28)25-18-9-5-16(13-23)6-10-18/h5-12,20H,3-4,13-15,23-24H2,1-2H3,(H2,25,26,28,29). The molecule has 0 atom stereocenters. The van der Waals surface area contributed by atoms with Crippen molar-refractivity contribution in [2.45, 2.75) is 33.2 Å². The minimum Gasteiger partial charge on any atom is -0.351 e. The molecule has 0 bridgehead atoms. The SMILES string of the molecule is CCOC(CN(C(=O)NC(=O)Nc1ccc(CN)cc1)c1ccc(CN)cc1)OCC. The van der Waals surface area contributed by atoms with Crippen LogP contribution in [0.25, 0.3) is 0 Å². The van der Waals surface area contributed by atoms with Gasteiger partial charge in [-0.2, -0.15) is 0 Å². The zero-order valence-corrected chi connectivity index (χ0v) is 18.0. The lowest BCUT2D eigenvalue weighted by Gasteiger charge is -2.27. The molecule has 4 amide bonds. The number of nitrogens with one attached hydrogen (secondary N) is 2. The molecule has 6 N–H and O–H groups in total. The summed E-state index contributed by atoms with van der Waals surface area (Å²) in [6, 6.07) is 13.0. The summed E-state index contributed by atoms with van der Waals surface area (Å²) in [5.41, 5.74) is 14.2. The molecule has 31 heavy (non-hydrogen) atoms. The van der Waals surface area contributed by atoms with E-state index in [1.165, 1.54) is 4.90 Å². The van der Waals surface area contributed by atoms with Crippen LogP contribution in [0.5, 0.6) is 0 Å². The first kappa shape index (κ1) is 24.3. The van der Waals surface area contributed by atoms with E-state index in [4.69, 9.17) is 20.9 Å². The molecule has 0 aliphatic heterocycles. The average molecular weight is 430 g/mol. The Bertz CT molecular complexity index is 821. The second-order valence-corrected chi connectivity index (χ2v) is 6.61. The largest absolute Gasteiger partial charge is 0.351 e. The van der Waals surface area contributed by atoms with Gasteiger partial charge < -0.3 is 26.3 Å². The summed E-state index contributed by atoms with van der Waals surface area (Å²) >= 11 is 0. The van der Waals surface area contributed by atoms with Crippen LogP contribution in [0, 0.1) is 0 Å². The summed E-state index contributed by atoms with van der Waals surface area (Å²) in [5, 5.41) is 4.99. The first-order chi connectivity index (χ1) is 15.0. The van der Waals surface area contributed by atoms with Gasteiger partial charge in [0.1, 0.15) is 0 Å². The van der Waals surface area contributed by atoms with Crippen molar-refractivity contribution in [3.05, 3.63) is 59.7 Å². The highest BCUT2D eigenvalue weighted by Gasteiger charge is 2.23. The molecule has 9 nitrogen and oxygen atoms in total. The molecule has 0 spiro atoms. The van der Waals surface area contributed by atoms with Crippen LogP contribution in [-0.4, -0.2) is 38.1 Å². The molecule has 2 rings (SSSR count). The van der Waals surface area contributed by atoms with Gasteiger partial charge in [0.15, 0.2) is 6.29 Å². The van der Waals surface area contributed by atoms with E-state index < -0.39 is 18.4 Å². The second kappa shape index (κ2) is 12.7. The van der Waals surface area contributed by atoms with Gasteiger partial charge in [0.05, 0.1) is 6.54 Å². The van der Waals surface area contributed by atoms with E-state index in [0.29, 0.717) is 37.7 Å². The van der Waals surface area contributed by atoms with Gasteiger partial charge >= 0.3 is 12.1 Å². The predicted octanol–water partition coefficient (Wildman–Crippen LogP) is 2.75. The van der Waals surface area contributed by atoms with Crippen molar-refractivity contribution in [3.63, 3.8) is 0 Å². The van der Waals surface area contributed by atoms with Gasteiger partial charge in [0.2, 0.25) is 0 Å². The highest BCUT2D eigenvalue weighted by molar-refractivity contribution is 6.06. The molecule has 2 aromatic carbocycles. The number of nitrogens with two attached hydrogens (primary N) is 2. The van der Waals surface area contributed by atoms with Crippen LogP contribution in [0.3, 0.4) is 0 Å². The Morgan fingerprint density at radius 2 is 1.42 bits per heavy atom. The van der Waals surface area contributed by atoms with E-state index in [2.05, 4.69) is 10.6 Å². The fourth-order valence-corrected chi connectivity index (χ4v) is 2.84. The molecule has 0 radical (unpaired) electrons. The van der Waals surface area contributed by atoms with Crippen molar-refractivity contribution in [1.82, 2.24) is 5.32 Å². The van der Waals surface area contributed by atoms with E-state index in [0.717, 1.165) is 11.1 Å². The number of amides is 4. The van der Waals surface area contributed by atoms with Crippen LogP contribution in [-0.2, 0) is 22.6 Å². The Balaban J connectivity index is 2.13. The maximum Gasteiger partial charge on any atom is 0.330 e. The van der Waals surface area contributed by atoms with E-state index in [1.807, 2.05) is 26.0 Å². The summed E-state index contributed by atoms with van der Waals surface area (Å²) in [7, 11) is 0. The van der Waals surface area contributed by atoms with Crippen LogP contribution in [0.1, 0.15) is 25.0 Å². The summed E-state index contributed by atoms with van der Waals surface area (Å²) in [6.45, 7) is 5.43. The zero-order chi connectivity index (χ0) is 22.6. The maximum atomic E-state index is 12.9. The molecule has 2 aromatic rings. The molecule has 0 unspecified atom stereocenters. The second-order valence-electron chi connectivity index (χ2n) is 6.61. The minimum absolute atomic E-state index is 0.105. The van der Waals surface area contributed by atoms with Gasteiger partial charge in [-0.05, 0) is 49.2 Å². The zero-order valence-electron chi connectivity index (χ0n) is 18.0. The quantitative estimate of drug-likeness (QED) is 0.429. The van der Waals surface area contributed by atoms with E-state index in [1.54, 1.807) is 36.4 Å². The fraction of sp³-hybridized carbons (Fsp3) is 0.364. The van der Waals surface area contributed by atoms with Gasteiger partial charge in [-0.1, -0.05) is 24.3 Å². The Kier molecular flexibility index (Phi) is 9.92. The molecule has 0 heterocycles. The number of carbonyl (C=O) groups excluding carboxylic acids is 2. The molecular formula is C22H31N5O4. The van der Waals surface area contributed by atoms with Gasteiger partial charge in [-0.3, -0.25) is 10.2 Å². The van der Waals surface area contributed by atoms with Gasteiger partial charge in [-0.15, -0.1) is 0 Å². The predicted molar refractivity (Wildman–Crippen MR) is 121 cm³/mol. The number of imide groups is 1. The highest BCUT2D eigenvalue weighted by Crippen LogP contribution is 2.17. The number of ether oxygens (including phenoxy) is 2. The topological polar surface area (TPSA) is 132 Å². The lowest BCUT2D eigenvalue weighted by molar-refractivity contribution is -0.128. The number of rotatable bonds is 10. The number of nitrogens with zero attached hydrogens (tertiary/aromatic N) is 1. The Morgan fingerprint density at radius 3 is 1.90 bits per heavy atom. The smallest absolute Gasteiger partial charge is 0.330 e. The third kappa shape index (κ3) is 7.65. The first-order valence-corrected chi connectivity index (χ1v) is 10.2. The monoisotopic (exact) mass is 429 g/mol. The Hall–Kier alpha value is -2.98. The molecule has 0 fully saturated rings. The summed E-state index contributed by atoms with van der Waals surface area (Å²) in [5.74, 6) is 0. The highest BCUT2D eigenvalue weighted by atomic mass is 16.7. The number of benzene rings is 2. The van der Waals surface area contributed by atoms with Crippen LogP contribution >= 0.6 is 0 Å². The van der Waals surface area contributed by atoms with Crippen molar-refractivity contribution < 1.29 is 19.1 Å². The number of urea groups is 2. The average Bonchev–Trinajstić information content (AvgIpc) is 2.78. The molecule has 0 aliphatic rings. The van der Waals surface area contributed by atoms with Gasteiger partial charge in [-0.25, -0.2) is 9.59 Å². The van der Waals surface area contributed by atoms with E-state index in [-0.39, 0.29) is 6.54 Å². The Morgan fingerprint density at radius 1 is 0.903 bits per heavy atom. The summed E-state index contributed by atoms with van der Waals surface area (Å²) < 4.78 is 11.2. The van der Waals surface area contributed by atoms with Crippen LogP contribution in [0.2, 0.25) is 0 Å². The van der Waals surface area contributed by atoms with E-state index in [9.17, 15) is 9.59 Å². The third-order valence-electron chi connectivity index (χ3n) is 4.43. The molecule has 9 heteroatoms. The maximum absolute atomic E-state index is 12.9. The lowest BCUT2D eigenvalue weighted by Crippen LogP contribution is -2.48. The first-order valence-electron chi connectivity index (χ1n) is 10.2. The van der Waals surface area contributed by atoms with Crippen molar-refractivity contribution in [2.75, 3.05) is 30.0 Å². The molecule has 0 saturated heterocycles. The van der Waals surface area contributed by atoms with Crippen molar-refractivity contribution >= 4 is 23.4 Å². The van der Waals surface area contributed by atoms with Crippen LogP contribution in [0.4, 0.5) is 21.0 Å². The molecule has 0 aromatic heterocycles. The molecule has 0 aliphatic carbocycles. The number of hydrogen-bond donors (Lipinski definition) is 4. The van der Waals surface area contributed by atoms with E-state index >= 15 is 0 Å². The lowest BCUT2D eigenvalue weighted by atomic mass is 10.2. The third-order valence-corrected chi connectivity index (χ3v) is 4.43. The summed E-state index contributed by atoms with van der Waals surface area (Å²) in [4.78, 5) is 26.7. The van der Waals surface area contributed by atoms with Crippen molar-refractivity contribution in [2.24, 2.45) is 11.5 Å². The molecular weight excluding hydrogens is 398 g/mol. The fourth-order valence-electron chi connectivity index (χ4n) is 2.84. The number of hydrogen-bond acceptors (Lipinski definition) is 6. The van der Waals surface area contributed by atoms with Crippen molar-refractivity contribution in [1.29, 1.82) is 0 Å². The molecule has 168 valence electrons. The molecule has 0 saturated carbocycles. The van der Waals surface area contributed by atoms with Gasteiger partial charge in [0, 0.05) is 37.7 Å². The normalized spacial score (nSPS) is 10.7.